The van der Waals surface area contributed by atoms with Crippen LogP contribution in [0.1, 0.15) is 45.4 Å². The summed E-state index contributed by atoms with van der Waals surface area (Å²) in [7, 11) is -5.87. The Balaban J connectivity index is 4.40. The van der Waals surface area contributed by atoms with Crippen molar-refractivity contribution < 1.29 is 35.7 Å². The van der Waals surface area contributed by atoms with Crippen molar-refractivity contribution in [1.82, 2.24) is 0 Å². The Morgan fingerprint density at radius 3 is 2.16 bits per heavy atom. The van der Waals surface area contributed by atoms with Gasteiger partial charge in [0.05, 0.1) is 0 Å². The minimum atomic E-state index is -5.87. The lowest BCUT2D eigenvalue weighted by Gasteiger charge is -2.14. The van der Waals surface area contributed by atoms with Crippen molar-refractivity contribution in [2.24, 2.45) is 0 Å². The van der Waals surface area contributed by atoms with Crippen molar-refractivity contribution in [3.63, 3.8) is 0 Å². The molecule has 1 unspecified atom stereocenters. The number of alkyl halides is 3. The van der Waals surface area contributed by atoms with Gasteiger partial charge < -0.3 is 5.11 Å². The molecule has 0 amide bonds. The Morgan fingerprint density at radius 2 is 1.74 bits per heavy atom. The molecule has 1 atom stereocenters. The summed E-state index contributed by atoms with van der Waals surface area (Å²) in [6.45, 7) is 1.97. The Morgan fingerprint density at radius 1 is 1.21 bits per heavy atom. The van der Waals surface area contributed by atoms with Crippen LogP contribution in [0.25, 0.3) is 0 Å². The smallest absolute Gasteiger partial charge is 0.479 e. The van der Waals surface area contributed by atoms with Gasteiger partial charge in [-0.25, -0.2) is 8.98 Å². The predicted octanol–water partition coefficient (Wildman–Crippen LogP) is 2.67. The van der Waals surface area contributed by atoms with Crippen molar-refractivity contribution in [3.05, 3.63) is 0 Å². The van der Waals surface area contributed by atoms with E-state index in [2.05, 4.69) is 4.18 Å². The van der Waals surface area contributed by atoms with Crippen molar-refractivity contribution in [2.45, 2.75) is 57.1 Å². The third kappa shape index (κ3) is 6.76. The van der Waals surface area contributed by atoms with Gasteiger partial charge in [-0.05, 0) is 6.42 Å². The summed E-state index contributed by atoms with van der Waals surface area (Å²) < 4.78 is 61.2. The molecule has 114 valence electrons. The maximum Gasteiger partial charge on any atom is 0.523 e. The van der Waals surface area contributed by atoms with Gasteiger partial charge in [0.15, 0.2) is 6.10 Å². The van der Waals surface area contributed by atoms with Crippen molar-refractivity contribution >= 4 is 16.1 Å². The molecule has 0 aliphatic carbocycles. The predicted molar refractivity (Wildman–Crippen MR) is 60.9 cm³/mol. The van der Waals surface area contributed by atoms with Gasteiger partial charge in [0.2, 0.25) is 0 Å². The third-order valence-corrected chi connectivity index (χ3v) is 3.42. The van der Waals surface area contributed by atoms with Gasteiger partial charge in [-0.1, -0.05) is 39.0 Å². The van der Waals surface area contributed by atoms with E-state index >= 15 is 0 Å². The standard InChI is InChI=1S/C10H17F3O5S/c1-2-3-4-5-6-7-8(9(14)15)18-19(16,17)10(11,12)13/h8H,2-7H2,1H3,(H,14,15). The first-order chi connectivity index (χ1) is 8.62. The van der Waals surface area contributed by atoms with E-state index in [1.165, 1.54) is 0 Å². The summed E-state index contributed by atoms with van der Waals surface area (Å²) in [5.74, 6) is -1.72. The number of aliphatic carboxylic acids is 1. The first-order valence-corrected chi connectivity index (χ1v) is 7.25. The molecular formula is C10H17F3O5S. The second-order valence-corrected chi connectivity index (χ2v) is 5.59. The first-order valence-electron chi connectivity index (χ1n) is 5.84. The number of halogens is 3. The summed E-state index contributed by atoms with van der Waals surface area (Å²) in [5.41, 5.74) is -5.61. The van der Waals surface area contributed by atoms with Gasteiger partial charge in [-0.15, -0.1) is 0 Å². The molecular weight excluding hydrogens is 289 g/mol. The Bertz CT molecular complexity index is 377. The number of unbranched alkanes of at least 4 members (excludes halogenated alkanes) is 4. The highest BCUT2D eigenvalue weighted by molar-refractivity contribution is 7.87. The molecule has 0 heterocycles. The first kappa shape index (κ1) is 18.2. The zero-order chi connectivity index (χ0) is 15.1. The summed E-state index contributed by atoms with van der Waals surface area (Å²) >= 11 is 0. The molecule has 0 aliphatic rings. The maximum absolute atomic E-state index is 12.0. The number of carbonyl (C=O) groups is 1. The zero-order valence-corrected chi connectivity index (χ0v) is 11.3. The molecule has 0 rings (SSSR count). The molecule has 19 heavy (non-hydrogen) atoms. The molecule has 0 bridgehead atoms. The number of carboxylic acids is 1. The molecule has 0 spiro atoms. The van der Waals surface area contributed by atoms with Gasteiger partial charge in [-0.2, -0.15) is 21.6 Å². The van der Waals surface area contributed by atoms with Crippen molar-refractivity contribution in [1.29, 1.82) is 0 Å². The van der Waals surface area contributed by atoms with Gasteiger partial charge in [0.25, 0.3) is 0 Å². The summed E-state index contributed by atoms with van der Waals surface area (Å²) in [6, 6.07) is 0. The molecule has 0 aliphatic heterocycles. The lowest BCUT2D eigenvalue weighted by Crippen LogP contribution is -2.34. The van der Waals surface area contributed by atoms with E-state index < -0.39 is 27.7 Å². The van der Waals surface area contributed by atoms with Crippen LogP contribution >= 0.6 is 0 Å². The third-order valence-electron chi connectivity index (χ3n) is 2.37. The summed E-state index contributed by atoms with van der Waals surface area (Å²) in [6.07, 6.45) is 1.36. The largest absolute Gasteiger partial charge is 0.523 e. The fourth-order valence-electron chi connectivity index (χ4n) is 1.35. The lowest BCUT2D eigenvalue weighted by atomic mass is 10.1. The van der Waals surface area contributed by atoms with Crippen LogP contribution < -0.4 is 0 Å². The molecule has 1 N–H and O–H groups in total. The van der Waals surface area contributed by atoms with Crippen LogP contribution in [0.3, 0.4) is 0 Å². The SMILES string of the molecule is CCCCCCCC(OS(=O)(=O)C(F)(F)F)C(=O)O. The minimum absolute atomic E-state index is 0.269. The maximum atomic E-state index is 12.0. The number of hydrogen-bond acceptors (Lipinski definition) is 4. The molecule has 0 aromatic carbocycles. The molecule has 0 fully saturated rings. The van der Waals surface area contributed by atoms with Crippen LogP contribution in [-0.4, -0.2) is 31.1 Å². The second kappa shape index (κ2) is 7.68. The molecule has 9 heteroatoms. The molecule has 0 saturated carbocycles. The van der Waals surface area contributed by atoms with E-state index in [4.69, 9.17) is 5.11 Å². The fraction of sp³-hybridized carbons (Fsp3) is 0.900. The number of hydrogen-bond donors (Lipinski definition) is 1. The summed E-state index contributed by atoms with van der Waals surface area (Å²) in [5, 5.41) is 8.65. The minimum Gasteiger partial charge on any atom is -0.479 e. The Hall–Kier alpha value is -0.830. The quantitative estimate of drug-likeness (QED) is 0.402. The molecule has 0 saturated heterocycles. The van der Waals surface area contributed by atoms with Gasteiger partial charge in [0, 0.05) is 0 Å². The lowest BCUT2D eigenvalue weighted by molar-refractivity contribution is -0.146. The van der Waals surface area contributed by atoms with Crippen molar-refractivity contribution in [2.75, 3.05) is 0 Å². The highest BCUT2D eigenvalue weighted by Crippen LogP contribution is 2.26. The van der Waals surface area contributed by atoms with Crippen LogP contribution in [0, 0.1) is 0 Å². The fourth-order valence-corrected chi connectivity index (χ4v) is 1.95. The average molecular weight is 306 g/mol. The number of carboxylic acid groups (broad SMARTS) is 1. The molecule has 0 aromatic rings. The van der Waals surface area contributed by atoms with Gasteiger partial charge >= 0.3 is 21.6 Å². The highest BCUT2D eigenvalue weighted by atomic mass is 32.2. The Labute approximate surface area is 109 Å². The average Bonchev–Trinajstić information content (AvgIpc) is 2.25. The van der Waals surface area contributed by atoms with Crippen LogP contribution in [0.5, 0.6) is 0 Å². The van der Waals surface area contributed by atoms with Gasteiger partial charge in [-0.3, -0.25) is 0 Å². The zero-order valence-electron chi connectivity index (χ0n) is 10.4. The summed E-state index contributed by atoms with van der Waals surface area (Å²) in [4.78, 5) is 10.7. The highest BCUT2D eigenvalue weighted by Gasteiger charge is 2.49. The Kier molecular flexibility index (Phi) is 7.35. The van der Waals surface area contributed by atoms with Gasteiger partial charge in [0.1, 0.15) is 0 Å². The van der Waals surface area contributed by atoms with Crippen LogP contribution in [0.2, 0.25) is 0 Å². The second-order valence-electron chi connectivity index (χ2n) is 4.03. The topological polar surface area (TPSA) is 80.7 Å². The van der Waals surface area contributed by atoms with E-state index in [9.17, 15) is 26.4 Å². The van der Waals surface area contributed by atoms with Crippen molar-refractivity contribution in [3.8, 4) is 0 Å². The molecule has 0 radical (unpaired) electrons. The van der Waals surface area contributed by atoms with Crippen LogP contribution in [-0.2, 0) is 19.1 Å². The molecule has 0 aromatic heterocycles. The van der Waals surface area contributed by atoms with E-state index in [1.54, 1.807) is 0 Å². The van der Waals surface area contributed by atoms with E-state index in [-0.39, 0.29) is 6.42 Å². The van der Waals surface area contributed by atoms with Crippen LogP contribution in [0.4, 0.5) is 13.2 Å². The van der Waals surface area contributed by atoms with E-state index in [1.807, 2.05) is 6.92 Å². The number of rotatable bonds is 9. The van der Waals surface area contributed by atoms with Crippen LogP contribution in [0.15, 0.2) is 0 Å². The van der Waals surface area contributed by atoms with E-state index in [0.717, 1.165) is 19.3 Å². The van der Waals surface area contributed by atoms with E-state index in [0.29, 0.717) is 12.8 Å². The molecule has 5 nitrogen and oxygen atoms in total. The monoisotopic (exact) mass is 306 g/mol. The normalized spacial score (nSPS) is 14.3.